The van der Waals surface area contributed by atoms with Gasteiger partial charge in [-0.3, -0.25) is 9.59 Å². The van der Waals surface area contributed by atoms with E-state index < -0.39 is 35.3 Å². The van der Waals surface area contributed by atoms with Crippen molar-refractivity contribution in [3.05, 3.63) is 82.9 Å². The summed E-state index contributed by atoms with van der Waals surface area (Å²) in [5, 5.41) is 12.5. The number of carboxylic acid groups (broad SMARTS) is 1. The van der Waals surface area contributed by atoms with Crippen LogP contribution in [0.3, 0.4) is 0 Å². The monoisotopic (exact) mass is 594 g/mol. The van der Waals surface area contributed by atoms with Gasteiger partial charge in [0.25, 0.3) is 0 Å². The van der Waals surface area contributed by atoms with E-state index in [1.807, 2.05) is 6.07 Å². The fourth-order valence-electron chi connectivity index (χ4n) is 4.53. The molecule has 0 fully saturated rings. The van der Waals surface area contributed by atoms with E-state index >= 15 is 4.39 Å². The molecule has 0 aliphatic rings. The molecule has 0 saturated heterocycles. The Morgan fingerprint density at radius 2 is 1.72 bits per heavy atom. The number of benzene rings is 3. The number of aromatic nitrogens is 2. The quantitative estimate of drug-likeness (QED) is 0.188. The number of esters is 1. The first-order valence-electron chi connectivity index (χ1n) is 13.2. The lowest BCUT2D eigenvalue weighted by Gasteiger charge is -2.20. The molecule has 3 aromatic carbocycles. The van der Waals surface area contributed by atoms with Gasteiger partial charge < -0.3 is 20.1 Å². The van der Waals surface area contributed by atoms with Gasteiger partial charge in [0, 0.05) is 37.5 Å². The number of aliphatic carboxylic acids is 1. The number of nitrogens with zero attached hydrogens (tertiary/aromatic N) is 3. The molecule has 0 unspecified atom stereocenters. The second-order valence-corrected chi connectivity index (χ2v) is 10.2. The van der Waals surface area contributed by atoms with Gasteiger partial charge in [0.15, 0.2) is 0 Å². The normalized spacial score (nSPS) is 12.1. The minimum absolute atomic E-state index is 0.00475. The molecule has 0 aliphatic heterocycles. The zero-order valence-corrected chi connectivity index (χ0v) is 24.0. The van der Waals surface area contributed by atoms with E-state index in [1.54, 1.807) is 51.4 Å². The topological polar surface area (TPSA) is 122 Å². The van der Waals surface area contributed by atoms with Crippen LogP contribution in [0.2, 0.25) is 0 Å². The summed E-state index contributed by atoms with van der Waals surface area (Å²) in [6, 6.07) is 12.8. The van der Waals surface area contributed by atoms with Crippen molar-refractivity contribution in [2.24, 2.45) is 0 Å². The van der Waals surface area contributed by atoms with E-state index in [0.717, 1.165) is 6.07 Å². The highest BCUT2D eigenvalue weighted by atomic mass is 19.3. The zero-order chi connectivity index (χ0) is 31.6. The minimum atomic E-state index is -4.41. The molecule has 4 aromatic rings. The predicted octanol–water partition coefficient (Wildman–Crippen LogP) is 5.65. The molecule has 1 heterocycles. The number of ether oxygens (including phenoxy) is 1. The number of carboxylic acids is 1. The van der Waals surface area contributed by atoms with Gasteiger partial charge in [-0.05, 0) is 55.3 Å². The third-order valence-corrected chi connectivity index (χ3v) is 6.75. The van der Waals surface area contributed by atoms with Crippen LogP contribution in [0.1, 0.15) is 42.4 Å². The molecule has 2 N–H and O–H groups in total. The highest BCUT2D eigenvalue weighted by Crippen LogP contribution is 2.36. The molecule has 224 valence electrons. The van der Waals surface area contributed by atoms with E-state index in [2.05, 4.69) is 15.3 Å². The number of hydrogen-bond donors (Lipinski definition) is 2. The number of hydrogen-bond acceptors (Lipinski definition) is 7. The number of amides is 1. The van der Waals surface area contributed by atoms with Gasteiger partial charge in [0.2, 0.25) is 5.91 Å². The molecule has 0 saturated carbocycles. The lowest BCUT2D eigenvalue weighted by molar-refractivity contribution is -0.166. The summed E-state index contributed by atoms with van der Waals surface area (Å²) < 4.78 is 48.8. The van der Waals surface area contributed by atoms with Gasteiger partial charge in [0.1, 0.15) is 23.2 Å². The number of fused-ring (bicyclic) bond motifs is 1. The Labute approximate surface area is 245 Å². The Balaban J connectivity index is 1.76. The number of likely N-dealkylation sites (N-methyl/N-ethyl adjacent to an activating group) is 1. The second-order valence-electron chi connectivity index (χ2n) is 10.2. The van der Waals surface area contributed by atoms with E-state index in [4.69, 9.17) is 9.84 Å². The summed E-state index contributed by atoms with van der Waals surface area (Å²) in [7, 11) is 3.25. The first kappa shape index (κ1) is 30.9. The van der Waals surface area contributed by atoms with Crippen LogP contribution in [0, 0.1) is 12.7 Å². The molecule has 43 heavy (non-hydrogen) atoms. The van der Waals surface area contributed by atoms with Gasteiger partial charge in [0.05, 0.1) is 23.5 Å². The maximum absolute atomic E-state index is 15.2. The Kier molecular flexibility index (Phi) is 8.70. The predicted molar refractivity (Wildman–Crippen MR) is 153 cm³/mol. The molecule has 1 aromatic heterocycles. The van der Waals surface area contributed by atoms with Crippen LogP contribution >= 0.6 is 0 Å². The number of carbonyl (C=O) groups is 3. The standard InChI is InChI=1S/C31H29F3N4O5/c1-16(22-7-6-8-24(28(22)32)31(33,34)30(41)42)35-29-23-14-20(9-11-25(23)36-17(2)37-29)19-10-12-26(43-18(3)39)21(13-19)15-27(40)38(4)5/h6-14,16H,15H2,1-5H3,(H,41,42)(H,35,36,37)/t16-/m1/s1. The molecule has 1 atom stereocenters. The maximum atomic E-state index is 15.2. The number of nitrogens with one attached hydrogen (secondary N) is 1. The van der Waals surface area contributed by atoms with Crippen LogP contribution in [0.4, 0.5) is 19.0 Å². The third-order valence-electron chi connectivity index (χ3n) is 6.75. The van der Waals surface area contributed by atoms with Crippen molar-refractivity contribution in [3.8, 4) is 16.9 Å². The Morgan fingerprint density at radius 1 is 1.05 bits per heavy atom. The maximum Gasteiger partial charge on any atom is 0.379 e. The smallest absolute Gasteiger partial charge is 0.379 e. The molecule has 4 rings (SSSR count). The van der Waals surface area contributed by atoms with Gasteiger partial charge in [-0.1, -0.05) is 24.3 Å². The highest BCUT2D eigenvalue weighted by molar-refractivity contribution is 5.93. The van der Waals surface area contributed by atoms with E-state index in [1.165, 1.54) is 30.9 Å². The molecule has 0 bridgehead atoms. The number of alkyl halides is 2. The average molecular weight is 595 g/mol. The Morgan fingerprint density at radius 3 is 2.37 bits per heavy atom. The van der Waals surface area contributed by atoms with E-state index in [-0.39, 0.29) is 23.6 Å². The van der Waals surface area contributed by atoms with Crippen molar-refractivity contribution in [3.63, 3.8) is 0 Å². The van der Waals surface area contributed by atoms with Crippen LogP contribution in [-0.2, 0) is 26.7 Å². The lowest BCUT2D eigenvalue weighted by atomic mass is 9.98. The number of anilines is 1. The molecule has 12 heteroatoms. The summed E-state index contributed by atoms with van der Waals surface area (Å²) in [6.45, 7) is 4.47. The fraction of sp³-hybridized carbons (Fsp3) is 0.258. The summed E-state index contributed by atoms with van der Waals surface area (Å²) >= 11 is 0. The molecular formula is C31H29F3N4O5. The summed E-state index contributed by atoms with van der Waals surface area (Å²) in [4.78, 5) is 45.5. The largest absolute Gasteiger partial charge is 0.477 e. The van der Waals surface area contributed by atoms with Gasteiger partial charge >= 0.3 is 17.9 Å². The molecule has 0 radical (unpaired) electrons. The first-order chi connectivity index (χ1) is 20.2. The second kappa shape index (κ2) is 12.1. The fourth-order valence-corrected chi connectivity index (χ4v) is 4.53. The van der Waals surface area contributed by atoms with Crippen LogP contribution in [0.25, 0.3) is 22.0 Å². The van der Waals surface area contributed by atoms with E-state index in [0.29, 0.717) is 39.2 Å². The average Bonchev–Trinajstić information content (AvgIpc) is 2.93. The van der Waals surface area contributed by atoms with Gasteiger partial charge in [-0.2, -0.15) is 8.78 Å². The van der Waals surface area contributed by atoms with Crippen LogP contribution in [0.5, 0.6) is 5.75 Å². The van der Waals surface area contributed by atoms with Crippen molar-refractivity contribution in [2.75, 3.05) is 19.4 Å². The number of rotatable bonds is 9. The highest BCUT2D eigenvalue weighted by Gasteiger charge is 2.44. The lowest BCUT2D eigenvalue weighted by Crippen LogP contribution is -2.27. The van der Waals surface area contributed by atoms with Crippen molar-refractivity contribution in [1.82, 2.24) is 14.9 Å². The van der Waals surface area contributed by atoms with Crippen molar-refractivity contribution >= 4 is 34.6 Å². The van der Waals surface area contributed by atoms with E-state index in [9.17, 15) is 23.2 Å². The Hall–Kier alpha value is -5.00. The minimum Gasteiger partial charge on any atom is -0.477 e. The van der Waals surface area contributed by atoms with Crippen LogP contribution in [0.15, 0.2) is 54.6 Å². The summed E-state index contributed by atoms with van der Waals surface area (Å²) in [6.07, 6.45) is -0.00475. The molecule has 1 amide bonds. The summed E-state index contributed by atoms with van der Waals surface area (Å²) in [5.74, 6) is -7.95. The van der Waals surface area contributed by atoms with Crippen LogP contribution < -0.4 is 10.1 Å². The van der Waals surface area contributed by atoms with Gasteiger partial charge in [-0.25, -0.2) is 19.2 Å². The Bertz CT molecular complexity index is 1740. The van der Waals surface area contributed by atoms with Crippen molar-refractivity contribution in [1.29, 1.82) is 0 Å². The summed E-state index contributed by atoms with van der Waals surface area (Å²) in [5.41, 5.74) is 1.06. The number of aryl methyl sites for hydroxylation is 1. The van der Waals surface area contributed by atoms with Crippen molar-refractivity contribution < 1.29 is 37.4 Å². The zero-order valence-electron chi connectivity index (χ0n) is 24.0. The van der Waals surface area contributed by atoms with Crippen molar-refractivity contribution in [2.45, 2.75) is 39.2 Å². The molecule has 0 spiro atoms. The number of carbonyl (C=O) groups excluding carboxylic acids is 2. The molecule has 0 aliphatic carbocycles. The van der Waals surface area contributed by atoms with Crippen LogP contribution in [-0.4, -0.2) is 51.9 Å². The molecular weight excluding hydrogens is 565 g/mol. The SMILES string of the molecule is CC(=O)Oc1ccc(-c2ccc3nc(C)nc(N[C@H](C)c4cccc(C(F)(F)C(=O)O)c4F)c3c2)cc1CC(=O)N(C)C. The first-order valence-corrected chi connectivity index (χ1v) is 13.2. The molecule has 9 nitrogen and oxygen atoms in total. The van der Waals surface area contributed by atoms with Gasteiger partial charge in [-0.15, -0.1) is 0 Å². The number of halogens is 3. The third kappa shape index (κ3) is 6.58.